The number of carbonyl (C=O) groups is 4. The van der Waals surface area contributed by atoms with E-state index in [1.807, 2.05) is 27.7 Å². The highest BCUT2D eigenvalue weighted by atomic mass is 16.6. The second kappa shape index (κ2) is 12.3. The minimum absolute atomic E-state index is 0.0121. The number of esters is 3. The summed E-state index contributed by atoms with van der Waals surface area (Å²) in [6, 6.07) is 4.06. The van der Waals surface area contributed by atoms with Crippen molar-refractivity contribution in [1.82, 2.24) is 5.32 Å². The Morgan fingerprint density at radius 1 is 0.909 bits per heavy atom. The predicted molar refractivity (Wildman–Crippen MR) is 121 cm³/mol. The maximum atomic E-state index is 12.3. The van der Waals surface area contributed by atoms with E-state index in [1.54, 1.807) is 13.8 Å². The quantitative estimate of drug-likeness (QED) is 0.271. The minimum atomic E-state index is -2.03. The van der Waals surface area contributed by atoms with Crippen molar-refractivity contribution in [2.24, 2.45) is 11.8 Å². The monoisotopic (exact) mass is 465 g/mol. The maximum absolute atomic E-state index is 12.3. The highest BCUT2D eigenvalue weighted by Gasteiger charge is 2.43. The first-order chi connectivity index (χ1) is 15.2. The van der Waals surface area contributed by atoms with Crippen LogP contribution in [0.5, 0.6) is 11.5 Å². The van der Waals surface area contributed by atoms with Gasteiger partial charge in [-0.25, -0.2) is 4.79 Å². The Balaban J connectivity index is 3.37. The molecule has 9 nitrogen and oxygen atoms in total. The lowest BCUT2D eigenvalue weighted by molar-refractivity contribution is -0.182. The third kappa shape index (κ3) is 9.61. The molecule has 0 saturated heterocycles. The Hall–Kier alpha value is -2.94. The first-order valence-corrected chi connectivity index (χ1v) is 11.0. The van der Waals surface area contributed by atoms with Gasteiger partial charge in [-0.05, 0) is 43.4 Å². The number of rotatable bonds is 12. The molecule has 0 spiro atoms. The smallest absolute Gasteiger partial charge is 0.364 e. The number of nitrogens with one attached hydrogen (secondary N) is 1. The zero-order valence-corrected chi connectivity index (χ0v) is 20.4. The minimum Gasteiger partial charge on any atom is -0.477 e. The van der Waals surface area contributed by atoms with E-state index in [9.17, 15) is 24.3 Å². The van der Waals surface area contributed by atoms with E-state index < -0.39 is 29.6 Å². The molecule has 0 heterocycles. The number of carboxylic acids is 1. The normalized spacial score (nSPS) is 13.0. The predicted octanol–water partition coefficient (Wildman–Crippen LogP) is 3.47. The van der Waals surface area contributed by atoms with E-state index in [0.29, 0.717) is 5.56 Å². The molecular formula is C24H35NO8. The zero-order valence-electron chi connectivity index (χ0n) is 20.4. The number of carbonyl (C=O) groups excluding carboxylic acids is 3. The van der Waals surface area contributed by atoms with Crippen molar-refractivity contribution in [3.05, 3.63) is 23.8 Å². The van der Waals surface area contributed by atoms with E-state index >= 15 is 0 Å². The standard InChI is InChI=1S/C24H35NO8/c1-14(2)10-21(27)31-19-9-8-18(12-20(19)32-22(28)11-15(3)4)13-24(23(29)30,25-16(5)6)33-17(7)26/h8-9,12,14-16,25H,10-11,13H2,1-7H3,(H,29,30)/t24-/m0/s1. The van der Waals surface area contributed by atoms with Gasteiger partial charge in [0.1, 0.15) is 0 Å². The highest BCUT2D eigenvalue weighted by molar-refractivity contribution is 5.81. The van der Waals surface area contributed by atoms with E-state index in [-0.39, 0.29) is 48.6 Å². The molecule has 1 rings (SSSR count). The Kier molecular flexibility index (Phi) is 10.5. The van der Waals surface area contributed by atoms with Crippen molar-refractivity contribution in [1.29, 1.82) is 0 Å². The van der Waals surface area contributed by atoms with Crippen LogP contribution in [0, 0.1) is 11.8 Å². The average molecular weight is 466 g/mol. The summed E-state index contributed by atoms with van der Waals surface area (Å²) in [7, 11) is 0. The zero-order chi connectivity index (χ0) is 25.3. The third-order valence-electron chi connectivity index (χ3n) is 4.24. The lowest BCUT2D eigenvalue weighted by atomic mass is 10.0. The van der Waals surface area contributed by atoms with Gasteiger partial charge in [0.05, 0.1) is 0 Å². The number of carboxylic acid groups (broad SMARTS) is 1. The van der Waals surface area contributed by atoms with Crippen LogP contribution >= 0.6 is 0 Å². The van der Waals surface area contributed by atoms with Crippen LogP contribution in [0.15, 0.2) is 18.2 Å². The molecule has 184 valence electrons. The van der Waals surface area contributed by atoms with Gasteiger partial charge in [-0.1, -0.05) is 33.8 Å². The summed E-state index contributed by atoms with van der Waals surface area (Å²) < 4.78 is 16.0. The largest absolute Gasteiger partial charge is 0.477 e. The van der Waals surface area contributed by atoms with Crippen LogP contribution in [0.25, 0.3) is 0 Å². The molecule has 0 fully saturated rings. The van der Waals surface area contributed by atoms with Crippen molar-refractivity contribution in [2.45, 2.75) is 79.5 Å². The fraction of sp³-hybridized carbons (Fsp3) is 0.583. The average Bonchev–Trinajstić information content (AvgIpc) is 2.61. The van der Waals surface area contributed by atoms with Gasteiger partial charge in [-0.3, -0.25) is 19.7 Å². The van der Waals surface area contributed by atoms with Crippen LogP contribution in [0.4, 0.5) is 0 Å². The van der Waals surface area contributed by atoms with Gasteiger partial charge in [0.2, 0.25) is 0 Å². The van der Waals surface area contributed by atoms with Gasteiger partial charge < -0.3 is 19.3 Å². The number of hydrogen-bond acceptors (Lipinski definition) is 8. The maximum Gasteiger partial charge on any atom is 0.364 e. The van der Waals surface area contributed by atoms with Crippen molar-refractivity contribution < 1.29 is 38.5 Å². The van der Waals surface area contributed by atoms with Gasteiger partial charge in [-0.15, -0.1) is 0 Å². The fourth-order valence-electron chi connectivity index (χ4n) is 3.12. The van der Waals surface area contributed by atoms with Gasteiger partial charge in [0, 0.05) is 32.2 Å². The summed E-state index contributed by atoms with van der Waals surface area (Å²) in [6.07, 6.45) is 0.0636. The molecule has 0 radical (unpaired) electrons. The summed E-state index contributed by atoms with van der Waals surface area (Å²) in [4.78, 5) is 48.2. The van der Waals surface area contributed by atoms with E-state index in [2.05, 4.69) is 5.32 Å². The molecule has 0 aliphatic carbocycles. The molecule has 1 atom stereocenters. The second-order valence-corrected chi connectivity index (χ2v) is 9.13. The second-order valence-electron chi connectivity index (χ2n) is 9.13. The Bertz CT molecular complexity index is 862. The summed E-state index contributed by atoms with van der Waals surface area (Å²) in [5, 5.41) is 12.7. The molecule has 0 amide bonds. The van der Waals surface area contributed by atoms with Crippen LogP contribution in [0.1, 0.15) is 66.9 Å². The van der Waals surface area contributed by atoms with Crippen LogP contribution < -0.4 is 14.8 Å². The van der Waals surface area contributed by atoms with Gasteiger partial charge in [-0.2, -0.15) is 0 Å². The van der Waals surface area contributed by atoms with Crippen LogP contribution in [-0.4, -0.2) is 40.8 Å². The lowest BCUT2D eigenvalue weighted by Crippen LogP contribution is -2.59. The molecule has 33 heavy (non-hydrogen) atoms. The molecule has 1 aromatic rings. The molecule has 0 aliphatic heterocycles. The molecule has 2 N–H and O–H groups in total. The van der Waals surface area contributed by atoms with Crippen molar-refractivity contribution in [3.8, 4) is 11.5 Å². The van der Waals surface area contributed by atoms with Crippen molar-refractivity contribution in [3.63, 3.8) is 0 Å². The third-order valence-corrected chi connectivity index (χ3v) is 4.24. The van der Waals surface area contributed by atoms with Crippen LogP contribution in [0.2, 0.25) is 0 Å². The molecule has 0 unspecified atom stereocenters. The fourth-order valence-corrected chi connectivity index (χ4v) is 3.12. The van der Waals surface area contributed by atoms with Crippen LogP contribution in [-0.2, 0) is 30.3 Å². The SMILES string of the molecule is CC(=O)O[C@](Cc1ccc(OC(=O)CC(C)C)c(OC(=O)CC(C)C)c1)(NC(C)C)C(=O)O. The molecule has 1 aromatic carbocycles. The Morgan fingerprint density at radius 2 is 1.42 bits per heavy atom. The molecular weight excluding hydrogens is 430 g/mol. The summed E-state index contributed by atoms with van der Waals surface area (Å²) in [5.41, 5.74) is -1.64. The molecule has 0 aliphatic rings. The van der Waals surface area contributed by atoms with Gasteiger partial charge >= 0.3 is 23.9 Å². The van der Waals surface area contributed by atoms with E-state index in [4.69, 9.17) is 14.2 Å². The van der Waals surface area contributed by atoms with E-state index in [1.165, 1.54) is 18.2 Å². The number of aliphatic carboxylic acids is 1. The van der Waals surface area contributed by atoms with Gasteiger partial charge in [0.15, 0.2) is 11.5 Å². The molecule has 9 heteroatoms. The molecule has 0 saturated carbocycles. The first kappa shape index (κ1) is 28.1. The van der Waals surface area contributed by atoms with Gasteiger partial charge in [0.25, 0.3) is 5.72 Å². The van der Waals surface area contributed by atoms with Crippen molar-refractivity contribution in [2.75, 3.05) is 0 Å². The van der Waals surface area contributed by atoms with Crippen molar-refractivity contribution >= 4 is 23.9 Å². The summed E-state index contributed by atoms with van der Waals surface area (Å²) in [5.74, 6) is -3.00. The number of benzene rings is 1. The summed E-state index contributed by atoms with van der Waals surface area (Å²) in [6.45, 7) is 12.0. The highest BCUT2D eigenvalue weighted by Crippen LogP contribution is 2.31. The Morgan fingerprint density at radius 3 is 1.85 bits per heavy atom. The number of ether oxygens (including phenoxy) is 3. The Labute approximate surface area is 194 Å². The topological polar surface area (TPSA) is 128 Å². The number of hydrogen-bond donors (Lipinski definition) is 2. The first-order valence-electron chi connectivity index (χ1n) is 11.0. The van der Waals surface area contributed by atoms with Crippen LogP contribution in [0.3, 0.4) is 0 Å². The summed E-state index contributed by atoms with van der Waals surface area (Å²) >= 11 is 0. The molecule has 0 bridgehead atoms. The van der Waals surface area contributed by atoms with E-state index in [0.717, 1.165) is 6.92 Å². The lowest BCUT2D eigenvalue weighted by Gasteiger charge is -2.32. The molecule has 0 aromatic heterocycles.